The summed E-state index contributed by atoms with van der Waals surface area (Å²) in [4.78, 5) is 1.19. The van der Waals surface area contributed by atoms with Crippen LogP contribution in [0.4, 0.5) is 5.69 Å². The van der Waals surface area contributed by atoms with Crippen LogP contribution in [-0.2, 0) is 0 Å². The summed E-state index contributed by atoms with van der Waals surface area (Å²) < 4.78 is 0.224. The predicted octanol–water partition coefficient (Wildman–Crippen LogP) is 3.47. The van der Waals surface area contributed by atoms with Crippen molar-refractivity contribution in [1.82, 2.24) is 0 Å². The van der Waals surface area contributed by atoms with E-state index < -0.39 is 0 Å². The summed E-state index contributed by atoms with van der Waals surface area (Å²) in [6.45, 7) is 8.63. The second kappa shape index (κ2) is 3.62. The quantitative estimate of drug-likeness (QED) is 0.548. The van der Waals surface area contributed by atoms with Crippen LogP contribution < -0.4 is 5.73 Å². The van der Waals surface area contributed by atoms with Crippen molar-refractivity contribution in [2.75, 3.05) is 5.73 Å². The van der Waals surface area contributed by atoms with Crippen LogP contribution in [0.2, 0.25) is 0 Å². The molecule has 0 amide bonds. The third kappa shape index (κ3) is 2.96. The first kappa shape index (κ1) is 10.5. The molecule has 1 nitrogen and oxygen atoms in total. The molecule has 0 saturated carbocycles. The van der Waals surface area contributed by atoms with E-state index in [9.17, 15) is 0 Å². The first-order valence-electron chi connectivity index (χ1n) is 4.44. The number of para-hydroxylation sites is 1. The van der Waals surface area contributed by atoms with Crippen molar-refractivity contribution < 1.29 is 0 Å². The van der Waals surface area contributed by atoms with Crippen LogP contribution in [0, 0.1) is 6.92 Å². The van der Waals surface area contributed by atoms with Gasteiger partial charge in [-0.1, -0.05) is 32.9 Å². The minimum atomic E-state index is 0.224. The van der Waals surface area contributed by atoms with Crippen molar-refractivity contribution in [3.05, 3.63) is 23.8 Å². The highest BCUT2D eigenvalue weighted by molar-refractivity contribution is 8.00. The van der Waals surface area contributed by atoms with Gasteiger partial charge >= 0.3 is 0 Å². The van der Waals surface area contributed by atoms with Gasteiger partial charge in [0.1, 0.15) is 0 Å². The molecule has 0 aromatic heterocycles. The molecule has 72 valence electrons. The molecule has 1 aromatic carbocycles. The normalized spacial score (nSPS) is 11.7. The van der Waals surface area contributed by atoms with Crippen LogP contribution in [-0.4, -0.2) is 4.75 Å². The van der Waals surface area contributed by atoms with Gasteiger partial charge in [0, 0.05) is 15.3 Å². The largest absolute Gasteiger partial charge is 0.398 e. The number of anilines is 1. The number of nitrogen functional groups attached to an aromatic ring is 1. The summed E-state index contributed by atoms with van der Waals surface area (Å²) in [5.41, 5.74) is 8.05. The fourth-order valence-electron chi connectivity index (χ4n) is 1.07. The fraction of sp³-hybridized carbons (Fsp3) is 0.455. The van der Waals surface area contributed by atoms with Crippen LogP contribution in [0.5, 0.6) is 0 Å². The van der Waals surface area contributed by atoms with Gasteiger partial charge in [-0.2, -0.15) is 0 Å². The highest BCUT2D eigenvalue weighted by atomic mass is 32.2. The summed E-state index contributed by atoms with van der Waals surface area (Å²) in [5, 5.41) is 0. The summed E-state index contributed by atoms with van der Waals surface area (Å²) in [7, 11) is 0. The zero-order valence-electron chi connectivity index (χ0n) is 8.72. The van der Waals surface area contributed by atoms with E-state index in [1.54, 1.807) is 0 Å². The summed E-state index contributed by atoms with van der Waals surface area (Å²) >= 11 is 1.82. The van der Waals surface area contributed by atoms with Crippen molar-refractivity contribution in [1.29, 1.82) is 0 Å². The number of rotatable bonds is 1. The Morgan fingerprint density at radius 3 is 2.38 bits per heavy atom. The van der Waals surface area contributed by atoms with Gasteiger partial charge in [-0.05, 0) is 18.6 Å². The van der Waals surface area contributed by atoms with Crippen LogP contribution in [0.15, 0.2) is 23.1 Å². The van der Waals surface area contributed by atoms with Crippen LogP contribution in [0.25, 0.3) is 0 Å². The summed E-state index contributed by atoms with van der Waals surface area (Å²) in [6, 6.07) is 6.18. The van der Waals surface area contributed by atoms with Crippen molar-refractivity contribution in [2.45, 2.75) is 37.3 Å². The summed E-state index contributed by atoms with van der Waals surface area (Å²) in [6.07, 6.45) is 0. The molecular weight excluding hydrogens is 178 g/mol. The molecule has 0 aliphatic carbocycles. The first-order valence-corrected chi connectivity index (χ1v) is 5.26. The van der Waals surface area contributed by atoms with Gasteiger partial charge in [0.25, 0.3) is 0 Å². The summed E-state index contributed by atoms with van der Waals surface area (Å²) in [5.74, 6) is 0. The smallest absolute Gasteiger partial charge is 0.0482 e. The predicted molar refractivity (Wildman–Crippen MR) is 61.2 cm³/mol. The van der Waals surface area contributed by atoms with E-state index in [0.717, 1.165) is 11.3 Å². The SMILES string of the molecule is Cc1cccc(SC(C)(C)C)c1N. The molecule has 0 unspecified atom stereocenters. The van der Waals surface area contributed by atoms with Crippen molar-refractivity contribution in [3.63, 3.8) is 0 Å². The maximum atomic E-state index is 5.97. The Morgan fingerprint density at radius 2 is 1.85 bits per heavy atom. The van der Waals surface area contributed by atoms with E-state index in [1.165, 1.54) is 4.90 Å². The van der Waals surface area contributed by atoms with Gasteiger partial charge in [0.15, 0.2) is 0 Å². The third-order valence-corrected chi connectivity index (χ3v) is 2.89. The second-order valence-electron chi connectivity index (χ2n) is 4.20. The van der Waals surface area contributed by atoms with Gasteiger partial charge in [-0.3, -0.25) is 0 Å². The molecule has 13 heavy (non-hydrogen) atoms. The van der Waals surface area contributed by atoms with Crippen molar-refractivity contribution in [3.8, 4) is 0 Å². The Morgan fingerprint density at radius 1 is 1.23 bits per heavy atom. The molecule has 0 fully saturated rings. The molecule has 0 heterocycles. The van der Waals surface area contributed by atoms with Gasteiger partial charge in [0.05, 0.1) is 0 Å². The molecule has 0 bridgehead atoms. The Hall–Kier alpha value is -0.630. The maximum absolute atomic E-state index is 5.97. The van der Waals surface area contributed by atoms with Crippen LogP contribution in [0.3, 0.4) is 0 Å². The lowest BCUT2D eigenvalue weighted by molar-refractivity contribution is 0.803. The highest BCUT2D eigenvalue weighted by Crippen LogP contribution is 2.36. The Labute approximate surface area is 84.7 Å². The van der Waals surface area contributed by atoms with Gasteiger partial charge in [-0.25, -0.2) is 0 Å². The Kier molecular flexibility index (Phi) is 2.91. The lowest BCUT2D eigenvalue weighted by Gasteiger charge is -2.19. The molecule has 0 aliphatic heterocycles. The zero-order chi connectivity index (χ0) is 10.1. The number of nitrogens with two attached hydrogens (primary N) is 1. The van der Waals surface area contributed by atoms with E-state index in [1.807, 2.05) is 24.8 Å². The number of hydrogen-bond donors (Lipinski definition) is 1. The van der Waals surface area contributed by atoms with Crippen LogP contribution >= 0.6 is 11.8 Å². The minimum absolute atomic E-state index is 0.224. The molecule has 0 aliphatic rings. The molecule has 1 aromatic rings. The highest BCUT2D eigenvalue weighted by Gasteiger charge is 2.14. The number of hydrogen-bond acceptors (Lipinski definition) is 2. The van der Waals surface area contributed by atoms with E-state index in [0.29, 0.717) is 0 Å². The lowest BCUT2D eigenvalue weighted by Crippen LogP contribution is -2.07. The van der Waals surface area contributed by atoms with Gasteiger partial charge in [-0.15, -0.1) is 11.8 Å². The number of benzene rings is 1. The van der Waals surface area contributed by atoms with Crippen molar-refractivity contribution in [2.24, 2.45) is 0 Å². The molecular formula is C11H17NS. The Bertz CT molecular complexity index is 299. The van der Waals surface area contributed by atoms with Gasteiger partial charge in [0.2, 0.25) is 0 Å². The topological polar surface area (TPSA) is 26.0 Å². The number of aryl methyl sites for hydroxylation is 1. The monoisotopic (exact) mass is 195 g/mol. The standard InChI is InChI=1S/C11H17NS/c1-8-6-5-7-9(10(8)12)13-11(2,3)4/h5-7H,12H2,1-4H3. The maximum Gasteiger partial charge on any atom is 0.0482 e. The average Bonchev–Trinajstić information content (AvgIpc) is 1.96. The Balaban J connectivity index is 2.96. The fourth-order valence-corrected chi connectivity index (χ4v) is 2.15. The lowest BCUT2D eigenvalue weighted by atomic mass is 10.2. The van der Waals surface area contributed by atoms with Crippen molar-refractivity contribution >= 4 is 17.4 Å². The zero-order valence-corrected chi connectivity index (χ0v) is 9.53. The van der Waals surface area contributed by atoms with Gasteiger partial charge < -0.3 is 5.73 Å². The minimum Gasteiger partial charge on any atom is -0.398 e. The molecule has 0 saturated heterocycles. The van der Waals surface area contributed by atoms with E-state index in [2.05, 4.69) is 32.9 Å². The molecule has 0 atom stereocenters. The second-order valence-corrected chi connectivity index (χ2v) is 6.07. The van der Waals surface area contributed by atoms with E-state index >= 15 is 0 Å². The molecule has 0 radical (unpaired) electrons. The van der Waals surface area contributed by atoms with E-state index in [4.69, 9.17) is 5.73 Å². The first-order chi connectivity index (χ1) is 5.90. The third-order valence-electron chi connectivity index (χ3n) is 1.70. The molecule has 2 heteroatoms. The molecule has 0 spiro atoms. The van der Waals surface area contributed by atoms with Crippen LogP contribution in [0.1, 0.15) is 26.3 Å². The molecule has 1 rings (SSSR count). The van der Waals surface area contributed by atoms with E-state index in [-0.39, 0.29) is 4.75 Å². The number of thioether (sulfide) groups is 1. The average molecular weight is 195 g/mol. The molecule has 2 N–H and O–H groups in total.